The molecule has 2 aromatic carbocycles. The van der Waals surface area contributed by atoms with Crippen LogP contribution in [-0.2, 0) is 28.1 Å². The molecule has 0 bridgehead atoms. The SMILES string of the molecule is COCc1cc(C2(c3cc(C)c(O)c(COC)c3)CCC3(CCCCC3)CC2)cc(C)c1O. The van der Waals surface area contributed by atoms with Crippen molar-refractivity contribution in [3.8, 4) is 11.5 Å². The Bertz CT molecular complexity index is 914. The van der Waals surface area contributed by atoms with Crippen molar-refractivity contribution in [2.75, 3.05) is 14.2 Å². The fraction of sp³-hybridized carbons (Fsp3) is 0.586. The molecule has 0 saturated heterocycles. The standard InChI is InChI=1S/C29H40O4/c1-20-14-24(16-22(18-32-3)26(20)30)29(12-10-28(11-13-29)8-6-5-7-9-28)25-15-21(2)27(31)23(17-25)19-33-4/h14-17,30-31H,5-13,18-19H2,1-4H3. The largest absolute Gasteiger partial charge is 0.507 e. The molecular weight excluding hydrogens is 412 g/mol. The summed E-state index contributed by atoms with van der Waals surface area (Å²) in [6.07, 6.45) is 11.4. The summed E-state index contributed by atoms with van der Waals surface area (Å²) in [7, 11) is 3.34. The first-order valence-electron chi connectivity index (χ1n) is 12.5. The first-order chi connectivity index (χ1) is 15.8. The second kappa shape index (κ2) is 9.68. The van der Waals surface area contributed by atoms with Crippen LogP contribution < -0.4 is 0 Å². The van der Waals surface area contributed by atoms with Crippen LogP contribution in [0.3, 0.4) is 0 Å². The lowest BCUT2D eigenvalue weighted by atomic mass is 9.55. The number of ether oxygens (including phenoxy) is 2. The van der Waals surface area contributed by atoms with Gasteiger partial charge >= 0.3 is 0 Å². The van der Waals surface area contributed by atoms with Gasteiger partial charge in [0, 0.05) is 30.8 Å². The maximum absolute atomic E-state index is 10.7. The number of hydrogen-bond donors (Lipinski definition) is 2. The lowest BCUT2D eigenvalue weighted by molar-refractivity contribution is 0.0936. The fourth-order valence-corrected chi connectivity index (χ4v) is 6.54. The third kappa shape index (κ3) is 4.52. The number of rotatable bonds is 6. The van der Waals surface area contributed by atoms with E-state index in [1.165, 1.54) is 56.1 Å². The smallest absolute Gasteiger partial charge is 0.124 e. The van der Waals surface area contributed by atoms with Gasteiger partial charge < -0.3 is 19.7 Å². The minimum Gasteiger partial charge on any atom is -0.507 e. The predicted octanol–water partition coefficient (Wildman–Crippen LogP) is 6.82. The summed E-state index contributed by atoms with van der Waals surface area (Å²) in [5, 5.41) is 21.3. The highest BCUT2D eigenvalue weighted by molar-refractivity contribution is 5.53. The Morgan fingerprint density at radius 2 is 1.12 bits per heavy atom. The highest BCUT2D eigenvalue weighted by Crippen LogP contribution is 2.56. The molecule has 2 aliphatic carbocycles. The van der Waals surface area contributed by atoms with Crippen LogP contribution in [0.4, 0.5) is 0 Å². The topological polar surface area (TPSA) is 58.9 Å². The second-order valence-corrected chi connectivity index (χ2v) is 10.6. The number of phenolic OH excluding ortho intramolecular Hbond substituents is 2. The fourth-order valence-electron chi connectivity index (χ4n) is 6.54. The summed E-state index contributed by atoms with van der Waals surface area (Å²) < 4.78 is 10.8. The third-order valence-corrected chi connectivity index (χ3v) is 8.54. The molecule has 2 aliphatic rings. The molecule has 180 valence electrons. The molecule has 0 atom stereocenters. The molecule has 0 heterocycles. The van der Waals surface area contributed by atoms with E-state index in [0.717, 1.165) is 35.1 Å². The highest BCUT2D eigenvalue weighted by Gasteiger charge is 2.45. The van der Waals surface area contributed by atoms with Crippen molar-refractivity contribution in [3.63, 3.8) is 0 Å². The minimum atomic E-state index is -0.148. The van der Waals surface area contributed by atoms with E-state index in [1.807, 2.05) is 13.8 Å². The number of aryl methyl sites for hydroxylation is 2. The average Bonchev–Trinajstić information content (AvgIpc) is 2.81. The molecule has 0 amide bonds. The van der Waals surface area contributed by atoms with Gasteiger partial charge in [-0.15, -0.1) is 0 Å². The zero-order valence-corrected chi connectivity index (χ0v) is 20.8. The predicted molar refractivity (Wildman–Crippen MR) is 132 cm³/mol. The molecule has 4 heteroatoms. The van der Waals surface area contributed by atoms with Gasteiger partial charge in [-0.25, -0.2) is 0 Å². The van der Waals surface area contributed by atoms with Gasteiger partial charge in [0.1, 0.15) is 11.5 Å². The van der Waals surface area contributed by atoms with Crippen LogP contribution in [-0.4, -0.2) is 24.4 Å². The summed E-state index contributed by atoms with van der Waals surface area (Å²) in [6, 6.07) is 8.66. The third-order valence-electron chi connectivity index (χ3n) is 8.54. The van der Waals surface area contributed by atoms with Gasteiger partial charge in [0.2, 0.25) is 0 Å². The van der Waals surface area contributed by atoms with Crippen molar-refractivity contribution in [1.82, 2.24) is 0 Å². The van der Waals surface area contributed by atoms with Crippen LogP contribution in [0.25, 0.3) is 0 Å². The molecule has 4 nitrogen and oxygen atoms in total. The van der Waals surface area contributed by atoms with E-state index < -0.39 is 0 Å². The van der Waals surface area contributed by atoms with Gasteiger partial charge in [0.15, 0.2) is 0 Å². The molecule has 2 saturated carbocycles. The van der Waals surface area contributed by atoms with Gasteiger partial charge in [-0.2, -0.15) is 0 Å². The van der Waals surface area contributed by atoms with E-state index in [9.17, 15) is 10.2 Å². The first kappa shape index (κ1) is 24.1. The summed E-state index contributed by atoms with van der Waals surface area (Å²) in [6.45, 7) is 4.75. The van der Waals surface area contributed by atoms with Gasteiger partial charge in [-0.05, 0) is 92.2 Å². The number of aromatic hydroxyl groups is 2. The summed E-state index contributed by atoms with van der Waals surface area (Å²) in [5.41, 5.74) is 6.33. The average molecular weight is 453 g/mol. The zero-order chi connectivity index (χ0) is 23.6. The van der Waals surface area contributed by atoms with E-state index in [-0.39, 0.29) is 5.41 Å². The molecule has 33 heavy (non-hydrogen) atoms. The molecule has 0 unspecified atom stereocenters. The molecule has 0 radical (unpaired) electrons. The van der Waals surface area contributed by atoms with Crippen LogP contribution in [0.1, 0.15) is 91.2 Å². The minimum absolute atomic E-state index is 0.148. The molecular formula is C29H40O4. The zero-order valence-electron chi connectivity index (χ0n) is 20.8. The lowest BCUT2D eigenvalue weighted by Crippen LogP contribution is -2.39. The van der Waals surface area contributed by atoms with Crippen LogP contribution in [0, 0.1) is 19.3 Å². The van der Waals surface area contributed by atoms with Crippen LogP contribution >= 0.6 is 0 Å². The number of benzene rings is 2. The monoisotopic (exact) mass is 452 g/mol. The molecule has 1 spiro atoms. The van der Waals surface area contributed by atoms with Crippen molar-refractivity contribution in [3.05, 3.63) is 57.6 Å². The van der Waals surface area contributed by atoms with Crippen molar-refractivity contribution >= 4 is 0 Å². The number of phenols is 2. The molecule has 2 aromatic rings. The van der Waals surface area contributed by atoms with Crippen molar-refractivity contribution in [2.45, 2.75) is 90.3 Å². The molecule has 4 rings (SSSR count). The Hall–Kier alpha value is -2.04. The summed E-state index contributed by atoms with van der Waals surface area (Å²) >= 11 is 0. The Balaban J connectivity index is 1.84. The Kier molecular flexibility index (Phi) is 7.07. The summed E-state index contributed by atoms with van der Waals surface area (Å²) in [4.78, 5) is 0. The summed E-state index contributed by atoms with van der Waals surface area (Å²) in [5.74, 6) is 0.662. The van der Waals surface area contributed by atoms with E-state index in [1.54, 1.807) is 14.2 Å². The van der Waals surface area contributed by atoms with Gasteiger partial charge in [-0.3, -0.25) is 0 Å². The van der Waals surface area contributed by atoms with Crippen molar-refractivity contribution in [2.24, 2.45) is 5.41 Å². The Morgan fingerprint density at radius 3 is 1.55 bits per heavy atom. The van der Waals surface area contributed by atoms with Crippen molar-refractivity contribution < 1.29 is 19.7 Å². The second-order valence-electron chi connectivity index (χ2n) is 10.6. The van der Waals surface area contributed by atoms with E-state index in [2.05, 4.69) is 24.3 Å². The lowest BCUT2D eigenvalue weighted by Gasteiger charge is -2.49. The van der Waals surface area contributed by atoms with Crippen LogP contribution in [0.2, 0.25) is 0 Å². The normalized spacial score (nSPS) is 19.6. The van der Waals surface area contributed by atoms with Crippen molar-refractivity contribution in [1.29, 1.82) is 0 Å². The number of hydrogen-bond acceptors (Lipinski definition) is 4. The van der Waals surface area contributed by atoms with E-state index in [0.29, 0.717) is 30.1 Å². The Labute approximate surface area is 198 Å². The molecule has 2 fully saturated rings. The first-order valence-corrected chi connectivity index (χ1v) is 12.5. The molecule has 2 N–H and O–H groups in total. The highest BCUT2D eigenvalue weighted by atomic mass is 16.5. The molecule has 0 aromatic heterocycles. The maximum atomic E-state index is 10.7. The van der Waals surface area contributed by atoms with Gasteiger partial charge in [-0.1, -0.05) is 31.4 Å². The quantitative estimate of drug-likeness (QED) is 0.505. The van der Waals surface area contributed by atoms with Crippen LogP contribution in [0.5, 0.6) is 11.5 Å². The van der Waals surface area contributed by atoms with Gasteiger partial charge in [0.05, 0.1) is 13.2 Å². The van der Waals surface area contributed by atoms with Gasteiger partial charge in [0.25, 0.3) is 0 Å². The maximum Gasteiger partial charge on any atom is 0.124 e. The molecule has 0 aliphatic heterocycles. The number of methoxy groups -OCH3 is 2. The van der Waals surface area contributed by atoms with E-state index >= 15 is 0 Å². The van der Waals surface area contributed by atoms with Crippen LogP contribution in [0.15, 0.2) is 24.3 Å². The van der Waals surface area contributed by atoms with E-state index in [4.69, 9.17) is 9.47 Å². The Morgan fingerprint density at radius 1 is 0.667 bits per heavy atom.